The fraction of sp³-hybridized carbons (Fsp3) is 0.917. The van der Waals surface area contributed by atoms with Crippen LogP contribution in [-0.4, -0.2) is 117 Å². The predicted molar refractivity (Wildman–Crippen MR) is 131 cm³/mol. The molecule has 2 saturated heterocycles. The van der Waals surface area contributed by atoms with Crippen LogP contribution in [0.3, 0.4) is 0 Å². The zero-order chi connectivity index (χ0) is 23.2. The van der Waals surface area contributed by atoms with E-state index in [1.807, 2.05) is 4.90 Å². The number of rotatable bonds is 13. The fourth-order valence-electron chi connectivity index (χ4n) is 4.64. The van der Waals surface area contributed by atoms with Crippen molar-refractivity contribution in [3.05, 3.63) is 0 Å². The lowest BCUT2D eigenvalue weighted by Gasteiger charge is -2.34. The van der Waals surface area contributed by atoms with E-state index >= 15 is 0 Å². The number of nitrogens with zero attached hydrogens (tertiary/aromatic N) is 4. The van der Waals surface area contributed by atoms with E-state index in [1.54, 1.807) is 0 Å². The summed E-state index contributed by atoms with van der Waals surface area (Å²) in [5, 5.41) is 6.16. The molecule has 8 nitrogen and oxygen atoms in total. The number of likely N-dealkylation sites (N-methyl/N-ethyl adjacent to an activating group) is 1. The highest BCUT2D eigenvalue weighted by atomic mass is 16.2. The second kappa shape index (κ2) is 15.5. The van der Waals surface area contributed by atoms with Crippen LogP contribution in [-0.2, 0) is 4.79 Å². The second-order valence-electron chi connectivity index (χ2n) is 9.15. The number of piperazine rings is 1. The first-order valence-electron chi connectivity index (χ1n) is 13.0. The molecule has 0 aliphatic carbocycles. The SMILES string of the molecule is CCN(CC)CCCNC(=O)C1CCN(C(=O)NCCCCN2CCN(CC)CC2)CC1. The molecule has 0 atom stereocenters. The van der Waals surface area contributed by atoms with Crippen molar-refractivity contribution in [3.63, 3.8) is 0 Å². The van der Waals surface area contributed by atoms with Crippen LogP contribution in [0.5, 0.6) is 0 Å². The van der Waals surface area contributed by atoms with Crippen LogP contribution in [0.2, 0.25) is 0 Å². The van der Waals surface area contributed by atoms with Crippen LogP contribution in [0, 0.1) is 5.92 Å². The Morgan fingerprint density at radius 3 is 2.06 bits per heavy atom. The van der Waals surface area contributed by atoms with Crippen molar-refractivity contribution < 1.29 is 9.59 Å². The molecule has 0 spiro atoms. The maximum Gasteiger partial charge on any atom is 0.317 e. The molecule has 0 unspecified atom stereocenters. The third kappa shape index (κ3) is 9.63. The van der Waals surface area contributed by atoms with Gasteiger partial charge in [0.2, 0.25) is 5.91 Å². The molecule has 0 bridgehead atoms. The van der Waals surface area contributed by atoms with Crippen LogP contribution in [0.15, 0.2) is 0 Å². The van der Waals surface area contributed by atoms with Crippen LogP contribution < -0.4 is 10.6 Å². The molecule has 2 aliphatic heterocycles. The van der Waals surface area contributed by atoms with Gasteiger partial charge in [0, 0.05) is 58.3 Å². The molecule has 8 heteroatoms. The quantitative estimate of drug-likeness (QED) is 0.416. The highest BCUT2D eigenvalue weighted by Crippen LogP contribution is 2.17. The predicted octanol–water partition coefficient (Wildman–Crippen LogP) is 1.67. The van der Waals surface area contributed by atoms with Gasteiger partial charge in [-0.1, -0.05) is 20.8 Å². The summed E-state index contributed by atoms with van der Waals surface area (Å²) in [5.41, 5.74) is 0. The van der Waals surface area contributed by atoms with E-state index in [-0.39, 0.29) is 17.9 Å². The van der Waals surface area contributed by atoms with Crippen molar-refractivity contribution in [3.8, 4) is 0 Å². The number of amides is 3. The molecular weight excluding hydrogens is 404 g/mol. The van der Waals surface area contributed by atoms with Crippen LogP contribution >= 0.6 is 0 Å². The number of piperidine rings is 1. The Morgan fingerprint density at radius 2 is 1.44 bits per heavy atom. The Hall–Kier alpha value is -1.38. The average molecular weight is 453 g/mol. The van der Waals surface area contributed by atoms with E-state index in [2.05, 4.69) is 46.1 Å². The second-order valence-corrected chi connectivity index (χ2v) is 9.15. The first-order valence-corrected chi connectivity index (χ1v) is 13.0. The first-order chi connectivity index (χ1) is 15.6. The molecule has 2 heterocycles. The summed E-state index contributed by atoms with van der Waals surface area (Å²) in [5.74, 6) is 0.199. The van der Waals surface area contributed by atoms with E-state index in [0.717, 1.165) is 77.9 Å². The molecule has 0 aromatic rings. The lowest BCUT2D eigenvalue weighted by molar-refractivity contribution is -0.126. The molecule has 0 radical (unpaired) electrons. The normalized spacial score (nSPS) is 18.8. The average Bonchev–Trinajstić information content (AvgIpc) is 2.84. The van der Waals surface area contributed by atoms with Crippen molar-refractivity contribution in [1.29, 1.82) is 0 Å². The number of carbonyl (C=O) groups is 2. The van der Waals surface area contributed by atoms with Gasteiger partial charge in [-0.05, 0) is 64.8 Å². The Labute approximate surface area is 196 Å². The number of unbranched alkanes of at least 4 members (excludes halogenated alkanes) is 1. The fourth-order valence-corrected chi connectivity index (χ4v) is 4.64. The summed E-state index contributed by atoms with van der Waals surface area (Å²) in [6, 6.07) is 0.0274. The summed E-state index contributed by atoms with van der Waals surface area (Å²) >= 11 is 0. The number of urea groups is 1. The van der Waals surface area contributed by atoms with Gasteiger partial charge in [-0.2, -0.15) is 0 Å². The smallest absolute Gasteiger partial charge is 0.317 e. The lowest BCUT2D eigenvalue weighted by atomic mass is 9.96. The van der Waals surface area contributed by atoms with Crippen molar-refractivity contribution in [1.82, 2.24) is 30.2 Å². The molecule has 2 aliphatic rings. The zero-order valence-electron chi connectivity index (χ0n) is 20.9. The molecule has 2 rings (SSSR count). The number of nitrogens with one attached hydrogen (secondary N) is 2. The molecule has 3 amide bonds. The van der Waals surface area contributed by atoms with Crippen molar-refractivity contribution in [2.24, 2.45) is 5.92 Å². The minimum Gasteiger partial charge on any atom is -0.356 e. The van der Waals surface area contributed by atoms with Gasteiger partial charge in [0.15, 0.2) is 0 Å². The summed E-state index contributed by atoms with van der Waals surface area (Å²) in [7, 11) is 0. The summed E-state index contributed by atoms with van der Waals surface area (Å²) in [4.78, 5) is 34.1. The first kappa shape index (κ1) is 26.9. The minimum atomic E-state index is 0.0274. The third-order valence-corrected chi connectivity index (χ3v) is 7.09. The maximum absolute atomic E-state index is 12.4. The summed E-state index contributed by atoms with van der Waals surface area (Å²) in [6.07, 6.45) is 4.66. The molecule has 0 aromatic carbocycles. The molecule has 186 valence electrons. The monoisotopic (exact) mass is 452 g/mol. The molecule has 0 aromatic heterocycles. The van der Waals surface area contributed by atoms with E-state index in [9.17, 15) is 9.59 Å². The molecule has 32 heavy (non-hydrogen) atoms. The van der Waals surface area contributed by atoms with Gasteiger partial charge < -0.3 is 30.2 Å². The number of hydrogen-bond donors (Lipinski definition) is 2. The van der Waals surface area contributed by atoms with Gasteiger partial charge in [0.25, 0.3) is 0 Å². The van der Waals surface area contributed by atoms with Crippen molar-refractivity contribution in [2.45, 2.75) is 52.9 Å². The summed E-state index contributed by atoms with van der Waals surface area (Å²) in [6.45, 7) is 19.5. The Bertz CT molecular complexity index is 527. The van der Waals surface area contributed by atoms with Gasteiger partial charge in [-0.15, -0.1) is 0 Å². The van der Waals surface area contributed by atoms with Gasteiger partial charge >= 0.3 is 6.03 Å². The highest BCUT2D eigenvalue weighted by molar-refractivity contribution is 5.79. The van der Waals surface area contributed by atoms with Gasteiger partial charge in [0.1, 0.15) is 0 Å². The van der Waals surface area contributed by atoms with E-state index in [0.29, 0.717) is 13.1 Å². The number of likely N-dealkylation sites (tertiary alicyclic amines) is 1. The maximum atomic E-state index is 12.4. The van der Waals surface area contributed by atoms with Crippen molar-refractivity contribution >= 4 is 11.9 Å². The topological polar surface area (TPSA) is 71.2 Å². The largest absolute Gasteiger partial charge is 0.356 e. The highest BCUT2D eigenvalue weighted by Gasteiger charge is 2.27. The van der Waals surface area contributed by atoms with Gasteiger partial charge in [0.05, 0.1) is 0 Å². The summed E-state index contributed by atoms with van der Waals surface area (Å²) < 4.78 is 0. The van der Waals surface area contributed by atoms with Gasteiger partial charge in [-0.3, -0.25) is 4.79 Å². The Morgan fingerprint density at radius 1 is 0.812 bits per heavy atom. The Kier molecular flexibility index (Phi) is 13.0. The molecule has 2 N–H and O–H groups in total. The zero-order valence-corrected chi connectivity index (χ0v) is 20.9. The van der Waals surface area contributed by atoms with E-state index in [1.165, 1.54) is 26.2 Å². The lowest BCUT2D eigenvalue weighted by Crippen LogP contribution is -2.47. The van der Waals surface area contributed by atoms with Gasteiger partial charge in [-0.25, -0.2) is 4.79 Å². The third-order valence-electron chi connectivity index (χ3n) is 7.09. The number of carbonyl (C=O) groups excluding carboxylic acids is 2. The van der Waals surface area contributed by atoms with E-state index in [4.69, 9.17) is 0 Å². The standard InChI is InChI=1S/C24H48N6O2/c1-4-27(5-2)15-9-13-25-23(31)22-10-16-30(17-11-22)24(32)26-12-7-8-14-29-20-18-28(6-3)19-21-29/h22H,4-21H2,1-3H3,(H,25,31)(H,26,32). The molecule has 2 fully saturated rings. The van der Waals surface area contributed by atoms with Crippen LogP contribution in [0.1, 0.15) is 52.9 Å². The van der Waals surface area contributed by atoms with E-state index < -0.39 is 0 Å². The Balaban J connectivity index is 1.49. The van der Waals surface area contributed by atoms with Crippen LogP contribution in [0.4, 0.5) is 4.79 Å². The molecule has 0 saturated carbocycles. The minimum absolute atomic E-state index is 0.0274. The number of hydrogen-bond acceptors (Lipinski definition) is 5. The van der Waals surface area contributed by atoms with Crippen molar-refractivity contribution in [2.75, 3.05) is 85.1 Å². The van der Waals surface area contributed by atoms with Crippen LogP contribution in [0.25, 0.3) is 0 Å². The molecular formula is C24H48N6O2.